The fourth-order valence-electron chi connectivity index (χ4n) is 4.10. The fourth-order valence-corrected chi connectivity index (χ4v) is 4.36. The maximum atomic E-state index is 13.0. The van der Waals surface area contributed by atoms with Crippen molar-refractivity contribution in [2.75, 3.05) is 52.4 Å². The van der Waals surface area contributed by atoms with Crippen molar-refractivity contribution < 1.29 is 4.79 Å². The molecule has 1 amide bonds. The number of halogens is 1. The number of nitrogens with zero attached hydrogens (tertiary/aromatic N) is 5. The monoisotopic (exact) mass is 445 g/mol. The van der Waals surface area contributed by atoms with Crippen molar-refractivity contribution in [2.24, 2.45) is 0 Å². The summed E-state index contributed by atoms with van der Waals surface area (Å²) >= 11 is 3.45. The Morgan fingerprint density at radius 2 is 1.57 bits per heavy atom. The number of benzene rings is 1. The van der Waals surface area contributed by atoms with Crippen molar-refractivity contribution in [3.8, 4) is 5.69 Å². The summed E-state index contributed by atoms with van der Waals surface area (Å²) in [6, 6.07) is 7.97. The lowest BCUT2D eigenvalue weighted by atomic mass is 10.2. The second kappa shape index (κ2) is 8.76. The molecule has 1 aromatic heterocycles. The number of carbonyl (C=O) groups is 1. The molecule has 28 heavy (non-hydrogen) atoms. The Labute approximate surface area is 175 Å². The predicted molar refractivity (Wildman–Crippen MR) is 114 cm³/mol. The van der Waals surface area contributed by atoms with E-state index in [4.69, 9.17) is 0 Å². The van der Waals surface area contributed by atoms with Gasteiger partial charge in [0.1, 0.15) is 0 Å². The van der Waals surface area contributed by atoms with E-state index in [1.165, 1.54) is 25.9 Å². The number of amides is 1. The Morgan fingerprint density at radius 1 is 0.964 bits per heavy atom. The van der Waals surface area contributed by atoms with Crippen LogP contribution in [0.1, 0.15) is 28.9 Å². The van der Waals surface area contributed by atoms with Crippen molar-refractivity contribution in [1.29, 1.82) is 0 Å². The number of carbonyl (C=O) groups excluding carboxylic acids is 1. The summed E-state index contributed by atoms with van der Waals surface area (Å²) in [4.78, 5) is 20.0. The molecule has 0 atom stereocenters. The van der Waals surface area contributed by atoms with Crippen LogP contribution in [0.3, 0.4) is 0 Å². The lowest BCUT2D eigenvalue weighted by Crippen LogP contribution is -2.50. The molecule has 3 heterocycles. The van der Waals surface area contributed by atoms with Gasteiger partial charge in [0.2, 0.25) is 0 Å². The van der Waals surface area contributed by atoms with Gasteiger partial charge in [-0.25, -0.2) is 4.68 Å². The first-order valence-electron chi connectivity index (χ1n) is 10.2. The van der Waals surface area contributed by atoms with Gasteiger partial charge in [-0.15, -0.1) is 0 Å². The molecule has 1 aromatic carbocycles. The Kier molecular flexibility index (Phi) is 6.13. The average molecular weight is 446 g/mol. The highest BCUT2D eigenvalue weighted by Gasteiger charge is 2.25. The molecule has 4 rings (SSSR count). The molecule has 2 saturated heterocycles. The van der Waals surface area contributed by atoms with Crippen LogP contribution in [0.15, 0.2) is 34.9 Å². The van der Waals surface area contributed by atoms with Gasteiger partial charge in [-0.1, -0.05) is 15.9 Å². The lowest BCUT2D eigenvalue weighted by molar-refractivity contribution is 0.0626. The maximum Gasteiger partial charge on any atom is 0.257 e. The van der Waals surface area contributed by atoms with Gasteiger partial charge in [0.15, 0.2) is 0 Å². The zero-order valence-corrected chi connectivity index (χ0v) is 18.1. The highest BCUT2D eigenvalue weighted by molar-refractivity contribution is 9.10. The number of aromatic nitrogens is 2. The van der Waals surface area contributed by atoms with Crippen LogP contribution in [-0.2, 0) is 0 Å². The standard InChI is InChI=1S/C21H28BrN5O/c1-17-20(16-23-27(17)19-6-4-18(22)5-7-19)21(28)26-14-12-25(13-15-26)11-10-24-8-2-3-9-24/h4-7,16H,2-3,8-15H2,1H3. The highest BCUT2D eigenvalue weighted by atomic mass is 79.9. The smallest absolute Gasteiger partial charge is 0.257 e. The van der Waals surface area contributed by atoms with Crippen LogP contribution in [0.2, 0.25) is 0 Å². The Hall–Kier alpha value is -1.70. The number of likely N-dealkylation sites (tertiary alicyclic amines) is 1. The third kappa shape index (κ3) is 4.31. The van der Waals surface area contributed by atoms with E-state index in [0.29, 0.717) is 5.56 Å². The molecule has 2 aromatic rings. The van der Waals surface area contributed by atoms with Gasteiger partial charge >= 0.3 is 0 Å². The van der Waals surface area contributed by atoms with Gasteiger partial charge < -0.3 is 9.80 Å². The average Bonchev–Trinajstić information content (AvgIpc) is 3.37. The zero-order chi connectivity index (χ0) is 19.5. The van der Waals surface area contributed by atoms with Crippen molar-refractivity contribution in [3.05, 3.63) is 46.2 Å². The van der Waals surface area contributed by atoms with Gasteiger partial charge in [-0.3, -0.25) is 9.69 Å². The summed E-state index contributed by atoms with van der Waals surface area (Å²) in [5.74, 6) is 0.0973. The van der Waals surface area contributed by atoms with Crippen LogP contribution in [0.25, 0.3) is 5.69 Å². The van der Waals surface area contributed by atoms with Gasteiger partial charge in [-0.2, -0.15) is 5.10 Å². The number of hydrogen-bond donors (Lipinski definition) is 0. The highest BCUT2D eigenvalue weighted by Crippen LogP contribution is 2.19. The predicted octanol–water partition coefficient (Wildman–Crippen LogP) is 2.80. The third-order valence-corrected chi connectivity index (χ3v) is 6.43. The minimum absolute atomic E-state index is 0.0973. The molecule has 0 bridgehead atoms. The first-order chi connectivity index (χ1) is 13.6. The molecule has 0 unspecified atom stereocenters. The zero-order valence-electron chi connectivity index (χ0n) is 16.5. The van der Waals surface area contributed by atoms with Crippen molar-refractivity contribution in [2.45, 2.75) is 19.8 Å². The van der Waals surface area contributed by atoms with Crippen molar-refractivity contribution in [3.63, 3.8) is 0 Å². The molecule has 7 heteroatoms. The largest absolute Gasteiger partial charge is 0.336 e. The maximum absolute atomic E-state index is 13.0. The van der Waals surface area contributed by atoms with E-state index in [0.717, 1.165) is 55.1 Å². The molecule has 0 spiro atoms. The Bertz CT molecular complexity index is 805. The normalized spacial score (nSPS) is 18.7. The molecule has 0 radical (unpaired) electrons. The Balaban J connectivity index is 1.34. The lowest BCUT2D eigenvalue weighted by Gasteiger charge is -2.35. The van der Waals surface area contributed by atoms with Crippen LogP contribution in [0, 0.1) is 6.92 Å². The minimum atomic E-state index is 0.0973. The van der Waals surface area contributed by atoms with Gasteiger partial charge in [0.25, 0.3) is 5.91 Å². The summed E-state index contributed by atoms with van der Waals surface area (Å²) in [6.07, 6.45) is 4.39. The van der Waals surface area contributed by atoms with Crippen LogP contribution >= 0.6 is 15.9 Å². The fraction of sp³-hybridized carbons (Fsp3) is 0.524. The first kappa shape index (κ1) is 19.6. The molecule has 0 saturated carbocycles. The summed E-state index contributed by atoms with van der Waals surface area (Å²) < 4.78 is 2.87. The quantitative estimate of drug-likeness (QED) is 0.709. The van der Waals surface area contributed by atoms with Gasteiger partial charge in [0, 0.05) is 43.7 Å². The van der Waals surface area contributed by atoms with Gasteiger partial charge in [0.05, 0.1) is 23.1 Å². The molecule has 0 N–H and O–H groups in total. The second-order valence-corrected chi connectivity index (χ2v) is 8.63. The van der Waals surface area contributed by atoms with Gasteiger partial charge in [-0.05, 0) is 57.1 Å². The Morgan fingerprint density at radius 3 is 2.21 bits per heavy atom. The summed E-state index contributed by atoms with van der Waals surface area (Å²) in [7, 11) is 0. The first-order valence-corrected chi connectivity index (χ1v) is 11.0. The molecule has 2 fully saturated rings. The number of hydrogen-bond acceptors (Lipinski definition) is 4. The van der Waals surface area contributed by atoms with Crippen LogP contribution < -0.4 is 0 Å². The van der Waals surface area contributed by atoms with Crippen LogP contribution in [0.4, 0.5) is 0 Å². The summed E-state index contributed by atoms with van der Waals surface area (Å²) in [6.45, 7) is 10.2. The summed E-state index contributed by atoms with van der Waals surface area (Å²) in [5.41, 5.74) is 2.56. The number of rotatable bonds is 5. The molecule has 6 nitrogen and oxygen atoms in total. The SMILES string of the molecule is Cc1c(C(=O)N2CCN(CCN3CCCC3)CC2)cnn1-c1ccc(Br)cc1. The number of piperazine rings is 1. The van der Waals surface area contributed by atoms with E-state index in [-0.39, 0.29) is 5.91 Å². The molecular formula is C21H28BrN5O. The van der Waals surface area contributed by atoms with Crippen molar-refractivity contribution >= 4 is 21.8 Å². The van der Waals surface area contributed by atoms with E-state index >= 15 is 0 Å². The van der Waals surface area contributed by atoms with Crippen LogP contribution in [-0.4, -0.2) is 82.7 Å². The van der Waals surface area contributed by atoms with E-state index in [1.54, 1.807) is 6.20 Å². The van der Waals surface area contributed by atoms with E-state index in [9.17, 15) is 4.79 Å². The molecule has 2 aliphatic heterocycles. The molecule has 0 aliphatic carbocycles. The van der Waals surface area contributed by atoms with E-state index < -0.39 is 0 Å². The molecule has 150 valence electrons. The van der Waals surface area contributed by atoms with E-state index in [2.05, 4.69) is 30.8 Å². The minimum Gasteiger partial charge on any atom is -0.336 e. The topological polar surface area (TPSA) is 44.6 Å². The van der Waals surface area contributed by atoms with E-state index in [1.807, 2.05) is 40.8 Å². The second-order valence-electron chi connectivity index (χ2n) is 7.71. The molecular weight excluding hydrogens is 418 g/mol. The van der Waals surface area contributed by atoms with Crippen molar-refractivity contribution in [1.82, 2.24) is 24.5 Å². The summed E-state index contributed by atoms with van der Waals surface area (Å²) in [5, 5.41) is 4.46. The third-order valence-electron chi connectivity index (χ3n) is 5.90. The molecule has 2 aliphatic rings. The van der Waals surface area contributed by atoms with Crippen LogP contribution in [0.5, 0.6) is 0 Å².